The van der Waals surface area contributed by atoms with Gasteiger partial charge in [-0.25, -0.2) is 0 Å². The lowest BCUT2D eigenvalue weighted by Gasteiger charge is -2.34. The minimum Gasteiger partial charge on any atom is -0.394 e. The first-order chi connectivity index (χ1) is 6.29. The van der Waals surface area contributed by atoms with Crippen molar-refractivity contribution in [2.24, 2.45) is 0 Å². The van der Waals surface area contributed by atoms with E-state index in [9.17, 15) is 4.79 Å². The first-order valence-electron chi connectivity index (χ1n) is 4.57. The number of nitriles is 1. The van der Waals surface area contributed by atoms with Gasteiger partial charge in [0.15, 0.2) is 0 Å². The Kier molecular flexibility index (Phi) is 3.71. The van der Waals surface area contributed by atoms with Crippen LogP contribution < -0.4 is 0 Å². The lowest BCUT2D eigenvalue weighted by Crippen LogP contribution is -2.45. The molecule has 4 heteroatoms. The lowest BCUT2D eigenvalue weighted by atomic mass is 10.0. The van der Waals surface area contributed by atoms with Gasteiger partial charge in [-0.15, -0.1) is 0 Å². The van der Waals surface area contributed by atoms with Crippen molar-refractivity contribution in [3.8, 4) is 6.07 Å². The largest absolute Gasteiger partial charge is 0.394 e. The van der Waals surface area contributed by atoms with Gasteiger partial charge in [0.1, 0.15) is 6.42 Å². The van der Waals surface area contributed by atoms with Gasteiger partial charge in [-0.2, -0.15) is 5.26 Å². The highest BCUT2D eigenvalue weighted by atomic mass is 16.3. The van der Waals surface area contributed by atoms with Crippen LogP contribution in [0.15, 0.2) is 0 Å². The van der Waals surface area contributed by atoms with E-state index >= 15 is 0 Å². The second-order valence-corrected chi connectivity index (χ2v) is 3.25. The van der Waals surface area contributed by atoms with Crippen LogP contribution in [0.1, 0.15) is 25.7 Å². The number of carbonyl (C=O) groups excluding carboxylic acids is 1. The van der Waals surface area contributed by atoms with Gasteiger partial charge in [0, 0.05) is 6.54 Å². The molecule has 1 rings (SSSR count). The molecular formula is C9H14N2O2. The Bertz CT molecular complexity index is 222. The Balaban J connectivity index is 2.54. The summed E-state index contributed by atoms with van der Waals surface area (Å²) in [7, 11) is 0. The molecule has 1 amide bonds. The summed E-state index contributed by atoms with van der Waals surface area (Å²) in [6.45, 7) is 0.697. The van der Waals surface area contributed by atoms with Crippen LogP contribution in [0, 0.1) is 11.3 Å². The van der Waals surface area contributed by atoms with E-state index in [4.69, 9.17) is 10.4 Å². The van der Waals surface area contributed by atoms with Crippen LogP contribution in [-0.2, 0) is 4.79 Å². The molecule has 0 unspecified atom stereocenters. The van der Waals surface area contributed by atoms with E-state index < -0.39 is 0 Å². The number of aliphatic hydroxyl groups is 1. The summed E-state index contributed by atoms with van der Waals surface area (Å²) in [6.07, 6.45) is 2.82. The maximum Gasteiger partial charge on any atom is 0.237 e. The van der Waals surface area contributed by atoms with Gasteiger partial charge in [0.25, 0.3) is 0 Å². The van der Waals surface area contributed by atoms with Gasteiger partial charge in [0.05, 0.1) is 18.7 Å². The molecule has 1 saturated heterocycles. The number of amides is 1. The first-order valence-corrected chi connectivity index (χ1v) is 4.57. The minimum atomic E-state index is -0.152. The summed E-state index contributed by atoms with van der Waals surface area (Å²) in [4.78, 5) is 13.0. The summed E-state index contributed by atoms with van der Waals surface area (Å²) in [5.41, 5.74) is 0. The van der Waals surface area contributed by atoms with E-state index in [0.29, 0.717) is 6.54 Å². The van der Waals surface area contributed by atoms with Crippen molar-refractivity contribution in [2.45, 2.75) is 31.7 Å². The number of carbonyl (C=O) groups is 1. The average molecular weight is 182 g/mol. The van der Waals surface area contributed by atoms with Crippen molar-refractivity contribution in [3.63, 3.8) is 0 Å². The highest BCUT2D eigenvalue weighted by Crippen LogP contribution is 2.17. The molecule has 0 spiro atoms. The van der Waals surface area contributed by atoms with Crippen molar-refractivity contribution in [3.05, 3.63) is 0 Å². The van der Waals surface area contributed by atoms with Crippen molar-refractivity contribution >= 4 is 5.91 Å². The molecule has 72 valence electrons. The highest BCUT2D eigenvalue weighted by Gasteiger charge is 2.25. The molecule has 0 aromatic carbocycles. The van der Waals surface area contributed by atoms with Crippen LogP contribution in [0.3, 0.4) is 0 Å². The number of aliphatic hydroxyl groups excluding tert-OH is 1. The number of nitrogens with zero attached hydrogens (tertiary/aromatic N) is 2. The van der Waals surface area contributed by atoms with Crippen LogP contribution in [0.4, 0.5) is 0 Å². The maximum atomic E-state index is 11.4. The fraction of sp³-hybridized carbons (Fsp3) is 0.778. The topological polar surface area (TPSA) is 64.3 Å². The third-order valence-electron chi connectivity index (χ3n) is 2.39. The standard InChI is InChI=1S/C9H14N2O2/c10-5-4-9(13)11-6-2-1-3-8(11)7-12/h8,12H,1-4,6-7H2/t8-/m1/s1. The Morgan fingerprint density at radius 2 is 2.38 bits per heavy atom. The van der Waals surface area contributed by atoms with Crippen molar-refractivity contribution in [1.82, 2.24) is 4.90 Å². The van der Waals surface area contributed by atoms with Gasteiger partial charge >= 0.3 is 0 Å². The number of hydrogen-bond donors (Lipinski definition) is 1. The third-order valence-corrected chi connectivity index (χ3v) is 2.39. The SMILES string of the molecule is N#CCC(=O)N1CCCC[C@@H]1CO. The van der Waals surface area contributed by atoms with Crippen LogP contribution >= 0.6 is 0 Å². The van der Waals surface area contributed by atoms with E-state index in [1.807, 2.05) is 6.07 Å². The second-order valence-electron chi connectivity index (χ2n) is 3.25. The summed E-state index contributed by atoms with van der Waals surface area (Å²) in [6, 6.07) is 1.78. The molecule has 1 fully saturated rings. The van der Waals surface area contributed by atoms with E-state index in [1.54, 1.807) is 4.90 Å². The molecule has 0 bridgehead atoms. The maximum absolute atomic E-state index is 11.4. The van der Waals surface area contributed by atoms with Gasteiger partial charge in [-0.3, -0.25) is 4.79 Å². The van der Waals surface area contributed by atoms with Gasteiger partial charge in [-0.1, -0.05) is 0 Å². The zero-order valence-corrected chi connectivity index (χ0v) is 7.57. The van der Waals surface area contributed by atoms with Gasteiger partial charge < -0.3 is 10.0 Å². The van der Waals surface area contributed by atoms with Crippen LogP contribution in [0.25, 0.3) is 0 Å². The summed E-state index contributed by atoms with van der Waals surface area (Å²) in [5, 5.41) is 17.4. The molecule has 0 aromatic heterocycles. The smallest absolute Gasteiger partial charge is 0.237 e. The molecule has 4 nitrogen and oxygen atoms in total. The minimum absolute atomic E-state index is 0.0111. The molecule has 0 radical (unpaired) electrons. The normalized spacial score (nSPS) is 22.5. The molecule has 13 heavy (non-hydrogen) atoms. The van der Waals surface area contributed by atoms with E-state index in [1.165, 1.54) is 0 Å². The Labute approximate surface area is 77.8 Å². The monoisotopic (exact) mass is 182 g/mol. The fourth-order valence-corrected chi connectivity index (χ4v) is 1.69. The van der Waals surface area contributed by atoms with Crippen molar-refractivity contribution in [2.75, 3.05) is 13.2 Å². The van der Waals surface area contributed by atoms with Crippen LogP contribution in [0.5, 0.6) is 0 Å². The predicted octanol–water partition coefficient (Wildman–Crippen LogP) is 0.273. The molecule has 1 N–H and O–H groups in total. The van der Waals surface area contributed by atoms with Gasteiger partial charge in [0.2, 0.25) is 5.91 Å². The van der Waals surface area contributed by atoms with E-state index in [0.717, 1.165) is 19.3 Å². The number of hydrogen-bond acceptors (Lipinski definition) is 3. The molecule has 1 aliphatic heterocycles. The van der Waals surface area contributed by atoms with E-state index in [-0.39, 0.29) is 25.0 Å². The molecule has 1 heterocycles. The summed E-state index contributed by atoms with van der Waals surface area (Å²) < 4.78 is 0. The Hall–Kier alpha value is -1.08. The average Bonchev–Trinajstić information content (AvgIpc) is 2.18. The number of piperidine rings is 1. The molecule has 0 aromatic rings. The van der Waals surface area contributed by atoms with Crippen molar-refractivity contribution in [1.29, 1.82) is 5.26 Å². The van der Waals surface area contributed by atoms with Crippen LogP contribution in [0.2, 0.25) is 0 Å². The molecular weight excluding hydrogens is 168 g/mol. The summed E-state index contributed by atoms with van der Waals surface area (Å²) in [5.74, 6) is -0.152. The lowest BCUT2D eigenvalue weighted by molar-refractivity contribution is -0.134. The molecule has 0 aliphatic carbocycles. The van der Waals surface area contributed by atoms with Gasteiger partial charge in [-0.05, 0) is 19.3 Å². The van der Waals surface area contributed by atoms with Crippen molar-refractivity contribution < 1.29 is 9.90 Å². The number of likely N-dealkylation sites (tertiary alicyclic amines) is 1. The zero-order chi connectivity index (χ0) is 9.68. The second kappa shape index (κ2) is 4.83. The quantitative estimate of drug-likeness (QED) is 0.666. The molecule has 0 saturated carbocycles. The number of rotatable bonds is 2. The third kappa shape index (κ3) is 2.43. The van der Waals surface area contributed by atoms with Crippen LogP contribution in [-0.4, -0.2) is 35.1 Å². The fourth-order valence-electron chi connectivity index (χ4n) is 1.69. The Morgan fingerprint density at radius 3 is 3.00 bits per heavy atom. The zero-order valence-electron chi connectivity index (χ0n) is 7.57. The Morgan fingerprint density at radius 1 is 1.62 bits per heavy atom. The summed E-state index contributed by atoms with van der Waals surface area (Å²) >= 11 is 0. The van der Waals surface area contributed by atoms with E-state index in [2.05, 4.69) is 0 Å². The molecule has 1 aliphatic rings. The molecule has 1 atom stereocenters. The predicted molar refractivity (Wildman–Crippen MR) is 46.7 cm³/mol. The highest BCUT2D eigenvalue weighted by molar-refractivity contribution is 5.78. The first kappa shape index (κ1) is 10.0.